The van der Waals surface area contributed by atoms with E-state index >= 15 is 0 Å². The number of carbonyl (C=O) groups excluding carboxylic acids is 1. The summed E-state index contributed by atoms with van der Waals surface area (Å²) in [6, 6.07) is 8.62. The molecule has 0 bridgehead atoms. The van der Waals surface area contributed by atoms with E-state index in [-0.39, 0.29) is 0 Å². The Bertz CT molecular complexity index is 533. The number of likely N-dealkylation sites (tertiary alicyclic amines) is 1. The number of benzene rings is 1. The van der Waals surface area contributed by atoms with E-state index < -0.39 is 0 Å². The van der Waals surface area contributed by atoms with Crippen LogP contribution in [0.3, 0.4) is 0 Å². The van der Waals surface area contributed by atoms with Gasteiger partial charge >= 0.3 is 0 Å². The smallest absolute Gasteiger partial charge is 0.223 e. The van der Waals surface area contributed by atoms with Gasteiger partial charge in [-0.15, -0.1) is 0 Å². The first-order chi connectivity index (χ1) is 11.6. The minimum absolute atomic E-state index is 0.348. The molecule has 2 aliphatic rings. The van der Waals surface area contributed by atoms with Gasteiger partial charge in [-0.2, -0.15) is 0 Å². The Morgan fingerprint density at radius 3 is 2.58 bits per heavy atom. The summed E-state index contributed by atoms with van der Waals surface area (Å²) >= 11 is 0. The van der Waals surface area contributed by atoms with Crippen LogP contribution in [0.5, 0.6) is 0 Å². The van der Waals surface area contributed by atoms with E-state index in [1.807, 2.05) is 0 Å². The van der Waals surface area contributed by atoms with E-state index in [0.29, 0.717) is 18.2 Å². The summed E-state index contributed by atoms with van der Waals surface area (Å²) < 4.78 is 0. The highest BCUT2D eigenvalue weighted by Gasteiger charge is 2.25. The summed E-state index contributed by atoms with van der Waals surface area (Å²) in [7, 11) is 4.25. The summed E-state index contributed by atoms with van der Waals surface area (Å²) in [5.74, 6) is 1.03. The van der Waals surface area contributed by atoms with Crippen molar-refractivity contribution in [2.75, 3.05) is 40.3 Å². The van der Waals surface area contributed by atoms with Crippen LogP contribution >= 0.6 is 0 Å². The quantitative estimate of drug-likeness (QED) is 0.803. The predicted molar refractivity (Wildman–Crippen MR) is 97.6 cm³/mol. The lowest BCUT2D eigenvalue weighted by Gasteiger charge is -2.33. The minimum Gasteiger partial charge on any atom is -0.342 e. The molecule has 1 aromatic carbocycles. The Morgan fingerprint density at radius 1 is 1.21 bits per heavy atom. The van der Waals surface area contributed by atoms with Crippen LogP contribution in [0, 0.1) is 5.92 Å². The third kappa shape index (κ3) is 4.58. The Kier molecular flexibility index (Phi) is 5.90. The Labute approximate surface area is 146 Å². The Hall–Kier alpha value is -1.39. The normalized spacial score (nSPS) is 21.3. The minimum atomic E-state index is 0.348. The van der Waals surface area contributed by atoms with Crippen LogP contribution < -0.4 is 0 Å². The SMILES string of the molecule is CN(C)CC[C@H]1CCCN(C(=O)CCN2Cc3ccccc3C2)C1. The molecule has 1 fully saturated rings. The van der Waals surface area contributed by atoms with Gasteiger partial charge in [-0.25, -0.2) is 0 Å². The first-order valence-corrected chi connectivity index (χ1v) is 9.33. The van der Waals surface area contributed by atoms with Crippen LogP contribution in [0.1, 0.15) is 36.8 Å². The summed E-state index contributed by atoms with van der Waals surface area (Å²) in [4.78, 5) is 19.4. The molecule has 4 nitrogen and oxygen atoms in total. The molecular formula is C20H31N3O. The maximum absolute atomic E-state index is 12.6. The number of carbonyl (C=O) groups is 1. The zero-order chi connectivity index (χ0) is 16.9. The van der Waals surface area contributed by atoms with Gasteiger partial charge < -0.3 is 9.80 Å². The fourth-order valence-corrected chi connectivity index (χ4v) is 3.94. The third-order valence-corrected chi connectivity index (χ3v) is 5.40. The number of rotatable bonds is 6. The molecule has 1 aromatic rings. The van der Waals surface area contributed by atoms with Crippen molar-refractivity contribution in [3.63, 3.8) is 0 Å². The van der Waals surface area contributed by atoms with Crippen molar-refractivity contribution in [1.82, 2.24) is 14.7 Å². The number of amides is 1. The van der Waals surface area contributed by atoms with Crippen LogP contribution in [0.15, 0.2) is 24.3 Å². The van der Waals surface area contributed by atoms with Gasteiger partial charge in [-0.05, 0) is 56.9 Å². The van der Waals surface area contributed by atoms with E-state index in [0.717, 1.165) is 39.3 Å². The maximum atomic E-state index is 12.6. The fourth-order valence-electron chi connectivity index (χ4n) is 3.94. The van der Waals surface area contributed by atoms with Crippen LogP contribution in [-0.2, 0) is 17.9 Å². The average Bonchev–Trinajstić information content (AvgIpc) is 3.01. The number of hydrogen-bond donors (Lipinski definition) is 0. The summed E-state index contributed by atoms with van der Waals surface area (Å²) in [6.45, 7) is 5.92. The third-order valence-electron chi connectivity index (χ3n) is 5.40. The Morgan fingerprint density at radius 2 is 1.92 bits per heavy atom. The monoisotopic (exact) mass is 329 g/mol. The number of piperidine rings is 1. The molecule has 2 heterocycles. The molecule has 0 aromatic heterocycles. The van der Waals surface area contributed by atoms with Gasteiger partial charge in [0.25, 0.3) is 0 Å². The summed E-state index contributed by atoms with van der Waals surface area (Å²) in [5, 5.41) is 0. The first kappa shape index (κ1) is 17.4. The van der Waals surface area contributed by atoms with Gasteiger partial charge in [0.15, 0.2) is 0 Å². The lowest BCUT2D eigenvalue weighted by atomic mass is 9.94. The van der Waals surface area contributed by atoms with E-state index in [1.54, 1.807) is 0 Å². The lowest BCUT2D eigenvalue weighted by Crippen LogP contribution is -2.41. The topological polar surface area (TPSA) is 26.8 Å². The largest absolute Gasteiger partial charge is 0.342 e. The van der Waals surface area contributed by atoms with Crippen LogP contribution in [-0.4, -0.2) is 60.9 Å². The zero-order valence-corrected chi connectivity index (χ0v) is 15.2. The number of hydrogen-bond acceptors (Lipinski definition) is 3. The Balaban J connectivity index is 1.42. The van der Waals surface area contributed by atoms with E-state index in [9.17, 15) is 4.79 Å². The lowest BCUT2D eigenvalue weighted by molar-refractivity contribution is -0.133. The first-order valence-electron chi connectivity index (χ1n) is 9.33. The molecule has 0 radical (unpaired) electrons. The van der Waals surface area contributed by atoms with Crippen molar-refractivity contribution in [3.05, 3.63) is 35.4 Å². The highest BCUT2D eigenvalue weighted by atomic mass is 16.2. The predicted octanol–water partition coefficient (Wildman–Crippen LogP) is 2.58. The fraction of sp³-hybridized carbons (Fsp3) is 0.650. The van der Waals surface area contributed by atoms with Crippen molar-refractivity contribution < 1.29 is 4.79 Å². The van der Waals surface area contributed by atoms with Crippen molar-refractivity contribution >= 4 is 5.91 Å². The standard InChI is InChI=1S/C20H31N3O/c1-21(2)12-9-17-6-5-11-23(14-17)20(24)10-13-22-15-18-7-3-4-8-19(18)16-22/h3-4,7-8,17H,5-6,9-16H2,1-2H3/t17-/m1/s1. The van der Waals surface area contributed by atoms with Crippen LogP contribution in [0.2, 0.25) is 0 Å². The summed E-state index contributed by atoms with van der Waals surface area (Å²) in [5.41, 5.74) is 2.85. The van der Waals surface area contributed by atoms with Gasteiger partial charge in [0.1, 0.15) is 0 Å². The molecule has 0 unspecified atom stereocenters. The van der Waals surface area contributed by atoms with Gasteiger partial charge in [0, 0.05) is 39.1 Å². The zero-order valence-electron chi connectivity index (χ0n) is 15.2. The molecule has 1 amide bonds. The molecule has 0 spiro atoms. The molecule has 2 aliphatic heterocycles. The second-order valence-corrected chi connectivity index (χ2v) is 7.67. The highest BCUT2D eigenvalue weighted by molar-refractivity contribution is 5.76. The van der Waals surface area contributed by atoms with Crippen molar-refractivity contribution in [1.29, 1.82) is 0 Å². The average molecular weight is 329 g/mol. The van der Waals surface area contributed by atoms with Gasteiger partial charge in [0.2, 0.25) is 5.91 Å². The van der Waals surface area contributed by atoms with Gasteiger partial charge in [-0.3, -0.25) is 9.69 Å². The second-order valence-electron chi connectivity index (χ2n) is 7.67. The molecule has 3 rings (SSSR count). The molecule has 132 valence electrons. The molecule has 4 heteroatoms. The van der Waals surface area contributed by atoms with E-state index in [2.05, 4.69) is 53.1 Å². The van der Waals surface area contributed by atoms with Crippen molar-refractivity contribution in [2.45, 2.75) is 38.8 Å². The molecule has 1 atom stereocenters. The van der Waals surface area contributed by atoms with Gasteiger partial charge in [0.05, 0.1) is 0 Å². The molecular weight excluding hydrogens is 298 g/mol. The summed E-state index contributed by atoms with van der Waals surface area (Å²) in [6.07, 6.45) is 4.31. The number of nitrogens with zero attached hydrogens (tertiary/aromatic N) is 3. The van der Waals surface area contributed by atoms with Crippen LogP contribution in [0.4, 0.5) is 0 Å². The van der Waals surface area contributed by atoms with Gasteiger partial charge in [-0.1, -0.05) is 24.3 Å². The number of fused-ring (bicyclic) bond motifs is 1. The molecule has 1 saturated heterocycles. The van der Waals surface area contributed by atoms with Crippen molar-refractivity contribution in [2.24, 2.45) is 5.92 Å². The molecule has 0 aliphatic carbocycles. The van der Waals surface area contributed by atoms with Crippen molar-refractivity contribution in [3.8, 4) is 0 Å². The van der Waals surface area contributed by atoms with Crippen LogP contribution in [0.25, 0.3) is 0 Å². The maximum Gasteiger partial charge on any atom is 0.223 e. The molecule has 0 saturated carbocycles. The molecule has 0 N–H and O–H groups in total. The van der Waals surface area contributed by atoms with E-state index in [1.165, 1.54) is 30.4 Å². The second kappa shape index (κ2) is 8.13. The molecule has 24 heavy (non-hydrogen) atoms. The highest BCUT2D eigenvalue weighted by Crippen LogP contribution is 2.23. The van der Waals surface area contributed by atoms with E-state index in [4.69, 9.17) is 0 Å².